The van der Waals surface area contributed by atoms with Gasteiger partial charge in [-0.15, -0.1) is 0 Å². The summed E-state index contributed by atoms with van der Waals surface area (Å²) in [5, 5.41) is 5.77. The first-order chi connectivity index (χ1) is 13.5. The molecule has 0 aliphatic carbocycles. The molecule has 1 aliphatic heterocycles. The molecule has 0 atom stereocenters. The van der Waals surface area contributed by atoms with Crippen LogP contribution >= 0.6 is 0 Å². The third kappa shape index (κ3) is 5.07. The van der Waals surface area contributed by atoms with Gasteiger partial charge in [-0.3, -0.25) is 14.6 Å². The molecule has 0 unspecified atom stereocenters. The Balaban J connectivity index is 1.73. The van der Waals surface area contributed by atoms with Gasteiger partial charge in [-0.1, -0.05) is 26.0 Å². The van der Waals surface area contributed by atoms with E-state index in [1.807, 2.05) is 38.1 Å². The van der Waals surface area contributed by atoms with Crippen LogP contribution in [0.3, 0.4) is 0 Å². The molecular weight excluding hydrogens is 356 g/mol. The smallest absolute Gasteiger partial charge is 0.274 e. The lowest BCUT2D eigenvalue weighted by molar-refractivity contribution is 0.0949. The largest absolute Gasteiger partial charge is 0.378 e. The highest BCUT2D eigenvalue weighted by molar-refractivity contribution is 6.06. The van der Waals surface area contributed by atoms with Crippen LogP contribution in [-0.2, 0) is 4.74 Å². The minimum absolute atomic E-state index is 0.203. The number of anilines is 2. The summed E-state index contributed by atoms with van der Waals surface area (Å²) in [5.41, 5.74) is 2.28. The fourth-order valence-corrected chi connectivity index (χ4v) is 2.94. The Morgan fingerprint density at radius 2 is 1.89 bits per heavy atom. The quantitative estimate of drug-likeness (QED) is 0.802. The van der Waals surface area contributed by atoms with Crippen LogP contribution in [0.5, 0.6) is 0 Å². The summed E-state index contributed by atoms with van der Waals surface area (Å²) >= 11 is 0. The number of rotatable bonds is 6. The summed E-state index contributed by atoms with van der Waals surface area (Å²) in [6.07, 6.45) is 1.48. The Hall–Kier alpha value is -2.93. The van der Waals surface area contributed by atoms with Crippen LogP contribution in [-0.4, -0.2) is 49.6 Å². The molecule has 28 heavy (non-hydrogen) atoms. The Labute approximate surface area is 165 Å². The van der Waals surface area contributed by atoms with E-state index < -0.39 is 0 Å². The Morgan fingerprint density at radius 1 is 1.14 bits per heavy atom. The van der Waals surface area contributed by atoms with Crippen molar-refractivity contribution in [2.24, 2.45) is 5.92 Å². The van der Waals surface area contributed by atoms with Gasteiger partial charge in [-0.25, -0.2) is 0 Å². The maximum atomic E-state index is 12.7. The summed E-state index contributed by atoms with van der Waals surface area (Å²) in [7, 11) is 0. The third-order valence-electron chi connectivity index (χ3n) is 4.43. The van der Waals surface area contributed by atoms with Crippen LogP contribution in [0.2, 0.25) is 0 Å². The predicted molar refractivity (Wildman–Crippen MR) is 109 cm³/mol. The first-order valence-electron chi connectivity index (χ1n) is 9.52. The average molecular weight is 382 g/mol. The third-order valence-corrected chi connectivity index (χ3v) is 4.43. The second-order valence-corrected chi connectivity index (χ2v) is 7.10. The second kappa shape index (κ2) is 9.32. The number of morpholine rings is 1. The van der Waals surface area contributed by atoms with Gasteiger partial charge < -0.3 is 20.3 Å². The molecule has 2 heterocycles. The standard InChI is InChI=1S/C21H26N4O3/c1-15(2)14-23-20(26)16-7-8-22-18(13-16)21(27)24-17-5-3-4-6-19(17)25-9-11-28-12-10-25/h3-8,13,15H,9-12,14H2,1-2H3,(H,23,26)(H,24,27). The fraction of sp³-hybridized carbons (Fsp3) is 0.381. The second-order valence-electron chi connectivity index (χ2n) is 7.10. The number of carbonyl (C=O) groups is 2. The molecule has 2 amide bonds. The Morgan fingerprint density at radius 3 is 2.64 bits per heavy atom. The van der Waals surface area contributed by atoms with Gasteiger partial charge in [0.15, 0.2) is 0 Å². The van der Waals surface area contributed by atoms with Crippen molar-refractivity contribution in [2.75, 3.05) is 43.1 Å². The maximum absolute atomic E-state index is 12.7. The van der Waals surface area contributed by atoms with Gasteiger partial charge in [0.1, 0.15) is 5.69 Å². The summed E-state index contributed by atoms with van der Waals surface area (Å²) in [6.45, 7) is 7.51. The molecule has 0 saturated carbocycles. The molecule has 3 rings (SSSR count). The van der Waals surface area contributed by atoms with E-state index in [0.29, 0.717) is 36.9 Å². The van der Waals surface area contributed by atoms with Crippen LogP contribution in [0.4, 0.5) is 11.4 Å². The summed E-state index contributed by atoms with van der Waals surface area (Å²) in [4.78, 5) is 31.3. The average Bonchev–Trinajstić information content (AvgIpc) is 2.73. The van der Waals surface area contributed by atoms with E-state index >= 15 is 0 Å². The highest BCUT2D eigenvalue weighted by atomic mass is 16.5. The van der Waals surface area contributed by atoms with Crippen molar-refractivity contribution in [3.63, 3.8) is 0 Å². The van der Waals surface area contributed by atoms with E-state index in [9.17, 15) is 9.59 Å². The number of carbonyl (C=O) groups excluding carboxylic acids is 2. The van der Waals surface area contributed by atoms with Crippen molar-refractivity contribution >= 4 is 23.2 Å². The lowest BCUT2D eigenvalue weighted by Crippen LogP contribution is -2.36. The normalized spacial score (nSPS) is 14.0. The number of para-hydroxylation sites is 2. The molecule has 1 aromatic heterocycles. The van der Waals surface area contributed by atoms with Gasteiger partial charge in [-0.05, 0) is 30.2 Å². The number of aromatic nitrogens is 1. The predicted octanol–water partition coefficient (Wildman–Crippen LogP) is 2.56. The first-order valence-corrected chi connectivity index (χ1v) is 9.52. The number of ether oxygens (including phenoxy) is 1. The molecule has 148 valence electrons. The van der Waals surface area contributed by atoms with E-state index in [-0.39, 0.29) is 17.5 Å². The van der Waals surface area contributed by atoms with Gasteiger partial charge >= 0.3 is 0 Å². The van der Waals surface area contributed by atoms with E-state index in [1.165, 1.54) is 12.3 Å². The van der Waals surface area contributed by atoms with E-state index in [1.54, 1.807) is 6.07 Å². The van der Waals surface area contributed by atoms with Gasteiger partial charge in [0.05, 0.1) is 24.6 Å². The molecule has 1 aliphatic rings. The Kier molecular flexibility index (Phi) is 6.60. The minimum Gasteiger partial charge on any atom is -0.378 e. The van der Waals surface area contributed by atoms with Crippen molar-refractivity contribution < 1.29 is 14.3 Å². The molecule has 0 radical (unpaired) electrons. The molecule has 7 nitrogen and oxygen atoms in total. The van der Waals surface area contributed by atoms with Crippen LogP contribution in [0.25, 0.3) is 0 Å². The lowest BCUT2D eigenvalue weighted by Gasteiger charge is -2.30. The van der Waals surface area contributed by atoms with Crippen LogP contribution in [0.15, 0.2) is 42.6 Å². The summed E-state index contributed by atoms with van der Waals surface area (Å²) in [6, 6.07) is 10.8. The monoisotopic (exact) mass is 382 g/mol. The van der Waals surface area contributed by atoms with Crippen molar-refractivity contribution in [3.05, 3.63) is 53.9 Å². The molecular formula is C21H26N4O3. The van der Waals surface area contributed by atoms with E-state index in [2.05, 4.69) is 20.5 Å². The first kappa shape index (κ1) is 19.8. The molecule has 0 bridgehead atoms. The number of benzene rings is 1. The zero-order valence-electron chi connectivity index (χ0n) is 16.3. The highest BCUT2D eigenvalue weighted by Crippen LogP contribution is 2.26. The van der Waals surface area contributed by atoms with Crippen LogP contribution in [0.1, 0.15) is 34.7 Å². The van der Waals surface area contributed by atoms with Gasteiger partial charge in [0.25, 0.3) is 11.8 Å². The van der Waals surface area contributed by atoms with Crippen LogP contribution in [0, 0.1) is 5.92 Å². The number of nitrogens with zero attached hydrogens (tertiary/aromatic N) is 2. The maximum Gasteiger partial charge on any atom is 0.274 e. The topological polar surface area (TPSA) is 83.6 Å². The molecule has 1 fully saturated rings. The SMILES string of the molecule is CC(C)CNC(=O)c1ccnc(C(=O)Nc2ccccc2N2CCOCC2)c1. The zero-order valence-corrected chi connectivity index (χ0v) is 16.3. The van der Waals surface area contributed by atoms with Gasteiger partial charge in [0, 0.05) is 31.4 Å². The summed E-state index contributed by atoms with van der Waals surface area (Å²) in [5.74, 6) is -0.205. The van der Waals surface area contributed by atoms with Crippen LogP contribution < -0.4 is 15.5 Å². The fourth-order valence-electron chi connectivity index (χ4n) is 2.94. The van der Waals surface area contributed by atoms with E-state index in [0.717, 1.165) is 18.8 Å². The number of nitrogens with one attached hydrogen (secondary N) is 2. The highest BCUT2D eigenvalue weighted by Gasteiger charge is 2.17. The Bertz CT molecular complexity index is 832. The van der Waals surface area contributed by atoms with Crippen molar-refractivity contribution in [2.45, 2.75) is 13.8 Å². The van der Waals surface area contributed by atoms with Crippen molar-refractivity contribution in [3.8, 4) is 0 Å². The number of hydrogen-bond acceptors (Lipinski definition) is 5. The number of pyridine rings is 1. The molecule has 1 saturated heterocycles. The lowest BCUT2D eigenvalue weighted by atomic mass is 10.1. The summed E-state index contributed by atoms with van der Waals surface area (Å²) < 4.78 is 5.40. The molecule has 2 aromatic rings. The molecule has 1 aromatic carbocycles. The molecule has 7 heteroatoms. The molecule has 2 N–H and O–H groups in total. The van der Waals surface area contributed by atoms with E-state index in [4.69, 9.17) is 4.74 Å². The van der Waals surface area contributed by atoms with Gasteiger partial charge in [-0.2, -0.15) is 0 Å². The molecule has 0 spiro atoms. The minimum atomic E-state index is -0.348. The number of amides is 2. The van der Waals surface area contributed by atoms with Crippen molar-refractivity contribution in [1.82, 2.24) is 10.3 Å². The number of hydrogen-bond donors (Lipinski definition) is 2. The van der Waals surface area contributed by atoms with Gasteiger partial charge in [0.2, 0.25) is 0 Å². The zero-order chi connectivity index (χ0) is 19.9. The van der Waals surface area contributed by atoms with Crippen molar-refractivity contribution in [1.29, 1.82) is 0 Å².